The lowest BCUT2D eigenvalue weighted by atomic mass is 9.88. The van der Waals surface area contributed by atoms with E-state index >= 15 is 0 Å². The van der Waals surface area contributed by atoms with Crippen molar-refractivity contribution in [3.05, 3.63) is 23.8 Å². The lowest BCUT2D eigenvalue weighted by Gasteiger charge is -2.19. The Hall–Kier alpha value is -1.26. The first-order valence-electron chi connectivity index (χ1n) is 9.55. The van der Waals surface area contributed by atoms with Gasteiger partial charge in [-0.15, -0.1) is 0 Å². The van der Waals surface area contributed by atoms with E-state index in [1.54, 1.807) is 0 Å². The topological polar surface area (TPSA) is 44.3 Å². The first-order valence-corrected chi connectivity index (χ1v) is 9.55. The van der Waals surface area contributed by atoms with Gasteiger partial charge in [-0.1, -0.05) is 26.3 Å². The average molecular weight is 334 g/mol. The highest BCUT2D eigenvalue weighted by Gasteiger charge is 2.20. The highest BCUT2D eigenvalue weighted by molar-refractivity contribution is 5.45. The van der Waals surface area contributed by atoms with E-state index in [1.165, 1.54) is 37.7 Å². The zero-order valence-corrected chi connectivity index (χ0v) is 15.1. The first kappa shape index (κ1) is 17.6. The Morgan fingerprint density at radius 2 is 2.00 bits per heavy atom. The van der Waals surface area contributed by atoms with Crippen molar-refractivity contribution in [3.8, 4) is 11.5 Å². The van der Waals surface area contributed by atoms with Crippen LogP contribution in [0, 0.1) is 5.92 Å². The second-order valence-corrected chi connectivity index (χ2v) is 7.52. The largest absolute Gasteiger partial charge is 0.454 e. The van der Waals surface area contributed by atoms with Gasteiger partial charge < -0.3 is 19.5 Å². The molecule has 3 rings (SSSR count). The predicted molar refractivity (Wildman–Crippen MR) is 94.6 cm³/mol. The molecule has 2 aliphatic heterocycles. The van der Waals surface area contributed by atoms with Gasteiger partial charge in [-0.3, -0.25) is 0 Å². The molecule has 0 bridgehead atoms. The molecule has 24 heavy (non-hydrogen) atoms. The molecule has 0 unspecified atom stereocenters. The minimum absolute atomic E-state index is 0.352. The third-order valence-corrected chi connectivity index (χ3v) is 5.13. The molecule has 1 saturated heterocycles. The molecule has 2 atom stereocenters. The van der Waals surface area contributed by atoms with Crippen molar-refractivity contribution in [2.75, 3.05) is 26.5 Å². The van der Waals surface area contributed by atoms with E-state index in [-0.39, 0.29) is 0 Å². The summed E-state index contributed by atoms with van der Waals surface area (Å²) in [6.07, 6.45) is 6.65. The Kier molecular flexibility index (Phi) is 6.38. The Labute approximate surface area is 145 Å². The van der Waals surface area contributed by atoms with Crippen LogP contribution < -0.4 is 14.8 Å². The number of hydrogen-bond donors (Lipinski definition) is 1. The summed E-state index contributed by atoms with van der Waals surface area (Å²) in [6, 6.07) is 6.47. The summed E-state index contributed by atoms with van der Waals surface area (Å²) >= 11 is 0. The van der Waals surface area contributed by atoms with Crippen LogP contribution in [0.4, 0.5) is 0 Å². The fraction of sp³-hybridized carbons (Fsp3) is 0.700. The first-order chi connectivity index (χ1) is 11.7. The molecule has 2 heterocycles. The maximum Gasteiger partial charge on any atom is 0.231 e. The molecule has 1 fully saturated rings. The van der Waals surface area contributed by atoms with Crippen molar-refractivity contribution in [2.45, 2.75) is 58.0 Å². The van der Waals surface area contributed by atoms with Crippen LogP contribution in [0.15, 0.2) is 18.2 Å². The zero-order chi connectivity index (χ0) is 16.8. The van der Waals surface area contributed by atoms with Gasteiger partial charge in [-0.25, -0.2) is 0 Å². The molecule has 0 saturated carbocycles. The summed E-state index contributed by atoms with van der Waals surface area (Å²) in [7, 11) is 0. The van der Waals surface area contributed by atoms with Crippen LogP contribution in [0.3, 0.4) is 0 Å². The van der Waals surface area contributed by atoms with Crippen LogP contribution in [0.1, 0.15) is 57.4 Å². The number of quaternary nitrogens is 1. The standard InChI is InChI=1S/C20H31NO3/c1-15(2)5-6-16(9-10-21-13-18-4-3-11-22-18)17-7-8-19-20(12-17)24-14-23-19/h7-8,12,15-16,18,21H,3-6,9-11,13-14H2,1-2H3/p+1/t16-,18+/m1/s1. The molecule has 1 aromatic carbocycles. The summed E-state index contributed by atoms with van der Waals surface area (Å²) in [6.45, 7) is 8.19. The van der Waals surface area contributed by atoms with Gasteiger partial charge in [-0.2, -0.15) is 0 Å². The minimum atomic E-state index is 0.352. The van der Waals surface area contributed by atoms with E-state index in [0.29, 0.717) is 18.8 Å². The lowest BCUT2D eigenvalue weighted by Crippen LogP contribution is -2.86. The molecule has 0 aliphatic carbocycles. The molecule has 1 aromatic rings. The van der Waals surface area contributed by atoms with Gasteiger partial charge in [0.1, 0.15) is 12.6 Å². The second-order valence-electron chi connectivity index (χ2n) is 7.52. The molecule has 2 N–H and O–H groups in total. The summed E-state index contributed by atoms with van der Waals surface area (Å²) in [4.78, 5) is 0. The maximum atomic E-state index is 5.71. The lowest BCUT2D eigenvalue weighted by molar-refractivity contribution is -0.661. The molecule has 4 nitrogen and oxygen atoms in total. The van der Waals surface area contributed by atoms with Gasteiger partial charge in [0.15, 0.2) is 11.5 Å². The quantitative estimate of drug-likeness (QED) is 0.706. The SMILES string of the molecule is CC(C)CC[C@H](CC[NH2+]C[C@@H]1CCCO1)c1ccc2c(c1)OCO2. The van der Waals surface area contributed by atoms with E-state index in [2.05, 4.69) is 37.4 Å². The number of ether oxygens (including phenoxy) is 3. The zero-order valence-electron chi connectivity index (χ0n) is 15.1. The van der Waals surface area contributed by atoms with Crippen molar-refractivity contribution in [1.29, 1.82) is 0 Å². The van der Waals surface area contributed by atoms with Crippen LogP contribution in [0.5, 0.6) is 11.5 Å². The number of rotatable bonds is 9. The molecule has 2 aliphatic rings. The van der Waals surface area contributed by atoms with Crippen LogP contribution in [0.2, 0.25) is 0 Å². The van der Waals surface area contributed by atoms with E-state index in [1.807, 2.05) is 0 Å². The molecule has 134 valence electrons. The number of hydrogen-bond acceptors (Lipinski definition) is 3. The minimum Gasteiger partial charge on any atom is -0.454 e. The van der Waals surface area contributed by atoms with Gasteiger partial charge in [0.25, 0.3) is 0 Å². The van der Waals surface area contributed by atoms with Crippen LogP contribution in [0.25, 0.3) is 0 Å². The summed E-state index contributed by atoms with van der Waals surface area (Å²) in [5.74, 6) is 3.14. The van der Waals surface area contributed by atoms with Crippen LogP contribution in [-0.2, 0) is 4.74 Å². The average Bonchev–Trinajstić information content (AvgIpc) is 3.24. The van der Waals surface area contributed by atoms with Gasteiger partial charge in [-0.05, 0) is 48.8 Å². The van der Waals surface area contributed by atoms with Gasteiger partial charge >= 0.3 is 0 Å². The van der Waals surface area contributed by atoms with Gasteiger partial charge in [0.2, 0.25) is 6.79 Å². The summed E-state index contributed by atoms with van der Waals surface area (Å²) in [5.41, 5.74) is 1.39. The highest BCUT2D eigenvalue weighted by atomic mass is 16.7. The Bertz CT molecular complexity index is 512. The molecule has 0 spiro atoms. The molecule has 4 heteroatoms. The van der Waals surface area contributed by atoms with E-state index < -0.39 is 0 Å². The molecule has 0 amide bonds. The highest BCUT2D eigenvalue weighted by Crippen LogP contribution is 2.36. The van der Waals surface area contributed by atoms with E-state index in [9.17, 15) is 0 Å². The van der Waals surface area contributed by atoms with Gasteiger partial charge in [0.05, 0.1) is 6.54 Å². The maximum absolute atomic E-state index is 5.71. The third kappa shape index (κ3) is 4.87. The Morgan fingerprint density at radius 1 is 1.12 bits per heavy atom. The number of nitrogens with two attached hydrogens (primary N) is 1. The van der Waals surface area contributed by atoms with Crippen molar-refractivity contribution in [2.24, 2.45) is 5.92 Å². The van der Waals surface area contributed by atoms with Crippen LogP contribution in [-0.4, -0.2) is 32.6 Å². The number of benzene rings is 1. The fourth-order valence-electron chi connectivity index (χ4n) is 3.63. The Balaban J connectivity index is 1.53. The molecular formula is C20H32NO3+. The smallest absolute Gasteiger partial charge is 0.231 e. The van der Waals surface area contributed by atoms with Crippen molar-refractivity contribution < 1.29 is 19.5 Å². The second kappa shape index (κ2) is 8.72. The van der Waals surface area contributed by atoms with E-state index in [0.717, 1.165) is 37.1 Å². The Morgan fingerprint density at radius 3 is 2.79 bits per heavy atom. The summed E-state index contributed by atoms with van der Waals surface area (Å²) < 4.78 is 16.7. The van der Waals surface area contributed by atoms with Crippen LogP contribution >= 0.6 is 0 Å². The predicted octanol–water partition coefficient (Wildman–Crippen LogP) is 3.07. The number of fused-ring (bicyclic) bond motifs is 1. The summed E-state index contributed by atoms with van der Waals surface area (Å²) in [5, 5.41) is 2.44. The normalized spacial score (nSPS) is 20.7. The fourth-order valence-corrected chi connectivity index (χ4v) is 3.63. The third-order valence-electron chi connectivity index (χ3n) is 5.13. The van der Waals surface area contributed by atoms with Crippen molar-refractivity contribution in [1.82, 2.24) is 0 Å². The van der Waals surface area contributed by atoms with Crippen molar-refractivity contribution in [3.63, 3.8) is 0 Å². The monoisotopic (exact) mass is 334 g/mol. The van der Waals surface area contributed by atoms with Crippen molar-refractivity contribution >= 4 is 0 Å². The van der Waals surface area contributed by atoms with E-state index in [4.69, 9.17) is 14.2 Å². The molecule has 0 radical (unpaired) electrons. The molecule has 0 aromatic heterocycles. The molecular weight excluding hydrogens is 302 g/mol. The van der Waals surface area contributed by atoms with Gasteiger partial charge in [0, 0.05) is 13.0 Å².